The van der Waals surface area contributed by atoms with Crippen molar-refractivity contribution in [3.63, 3.8) is 0 Å². The molecule has 1 heterocycles. The topological polar surface area (TPSA) is 92.9 Å². The summed E-state index contributed by atoms with van der Waals surface area (Å²) in [4.78, 5) is 11.1. The molecular formula is C13H17N5OS. The molecule has 0 saturated heterocycles. The summed E-state index contributed by atoms with van der Waals surface area (Å²) < 4.78 is 0. The van der Waals surface area contributed by atoms with Gasteiger partial charge in [0.25, 0.3) is 0 Å². The second-order valence-corrected chi connectivity index (χ2v) is 5.71. The molecule has 106 valence electrons. The van der Waals surface area contributed by atoms with Gasteiger partial charge in [-0.25, -0.2) is 5.84 Å². The lowest BCUT2D eigenvalue weighted by Gasteiger charge is -2.06. The molecule has 1 aromatic heterocycles. The monoisotopic (exact) mass is 291 g/mol. The summed E-state index contributed by atoms with van der Waals surface area (Å²) in [5.41, 5.74) is 4.30. The van der Waals surface area contributed by atoms with Crippen LogP contribution in [0.15, 0.2) is 24.3 Å². The van der Waals surface area contributed by atoms with Gasteiger partial charge in [-0.3, -0.25) is 10.2 Å². The number of hydrogen-bond acceptors (Lipinski definition) is 6. The number of hydrazine groups is 1. The zero-order chi connectivity index (χ0) is 14.5. The van der Waals surface area contributed by atoms with Crippen molar-refractivity contribution in [3.05, 3.63) is 34.8 Å². The van der Waals surface area contributed by atoms with E-state index in [-0.39, 0.29) is 12.3 Å². The summed E-state index contributed by atoms with van der Waals surface area (Å²) >= 11 is 1.33. The number of nitrogens with zero attached hydrogens (tertiary/aromatic N) is 2. The van der Waals surface area contributed by atoms with E-state index in [4.69, 9.17) is 5.84 Å². The quantitative estimate of drug-likeness (QED) is 0.445. The van der Waals surface area contributed by atoms with Gasteiger partial charge in [-0.2, -0.15) is 0 Å². The highest BCUT2D eigenvalue weighted by Crippen LogP contribution is 2.23. The molecule has 6 nitrogen and oxygen atoms in total. The van der Waals surface area contributed by atoms with E-state index in [1.165, 1.54) is 16.9 Å². The average molecular weight is 291 g/mol. The highest BCUT2D eigenvalue weighted by Gasteiger charge is 2.08. The van der Waals surface area contributed by atoms with E-state index in [0.717, 1.165) is 5.69 Å². The molecule has 0 radical (unpaired) electrons. The minimum absolute atomic E-state index is 0.141. The molecule has 0 atom stereocenters. The number of aromatic nitrogens is 2. The normalized spacial score (nSPS) is 10.6. The number of amides is 1. The van der Waals surface area contributed by atoms with Crippen molar-refractivity contribution in [1.82, 2.24) is 15.6 Å². The minimum Gasteiger partial charge on any atom is -0.330 e. The predicted octanol–water partition coefficient (Wildman–Crippen LogP) is 1.94. The fourth-order valence-corrected chi connectivity index (χ4v) is 2.40. The number of anilines is 2. The van der Waals surface area contributed by atoms with Gasteiger partial charge in [-0.05, 0) is 23.6 Å². The molecule has 1 amide bonds. The highest BCUT2D eigenvalue weighted by atomic mass is 32.1. The molecule has 2 rings (SSSR count). The van der Waals surface area contributed by atoms with Gasteiger partial charge in [0.1, 0.15) is 5.01 Å². The Morgan fingerprint density at radius 2 is 2.00 bits per heavy atom. The SMILES string of the molecule is CC(C)c1ccc(Nc2nnc(CC(=O)NN)s2)cc1. The number of nitrogens with two attached hydrogens (primary N) is 1. The number of hydrogen-bond donors (Lipinski definition) is 3. The second-order valence-electron chi connectivity index (χ2n) is 4.65. The van der Waals surface area contributed by atoms with Crippen molar-refractivity contribution in [3.8, 4) is 0 Å². The van der Waals surface area contributed by atoms with E-state index in [2.05, 4.69) is 46.9 Å². The first-order valence-electron chi connectivity index (χ1n) is 6.27. The van der Waals surface area contributed by atoms with Gasteiger partial charge in [0.15, 0.2) is 0 Å². The van der Waals surface area contributed by atoms with Crippen molar-refractivity contribution in [1.29, 1.82) is 0 Å². The predicted molar refractivity (Wildman–Crippen MR) is 79.8 cm³/mol. The van der Waals surface area contributed by atoms with Gasteiger partial charge >= 0.3 is 0 Å². The largest absolute Gasteiger partial charge is 0.330 e. The molecule has 4 N–H and O–H groups in total. The summed E-state index contributed by atoms with van der Waals surface area (Å²) in [6, 6.07) is 8.17. The zero-order valence-electron chi connectivity index (χ0n) is 11.4. The van der Waals surface area contributed by atoms with E-state index in [1.807, 2.05) is 12.1 Å². The van der Waals surface area contributed by atoms with Crippen LogP contribution in [-0.2, 0) is 11.2 Å². The fraction of sp³-hybridized carbons (Fsp3) is 0.308. The number of rotatable bonds is 5. The van der Waals surface area contributed by atoms with E-state index in [0.29, 0.717) is 16.1 Å². The fourth-order valence-electron chi connectivity index (χ4n) is 1.64. The number of carbonyl (C=O) groups excluding carboxylic acids is 1. The van der Waals surface area contributed by atoms with E-state index >= 15 is 0 Å². The lowest BCUT2D eigenvalue weighted by molar-refractivity contribution is -0.120. The van der Waals surface area contributed by atoms with Gasteiger partial charge in [0.05, 0.1) is 6.42 Å². The third kappa shape index (κ3) is 3.75. The molecule has 0 saturated carbocycles. The molecule has 0 fully saturated rings. The Hall–Kier alpha value is -1.99. The Morgan fingerprint density at radius 1 is 1.30 bits per heavy atom. The number of nitrogens with one attached hydrogen (secondary N) is 2. The summed E-state index contributed by atoms with van der Waals surface area (Å²) in [7, 11) is 0. The maximum atomic E-state index is 11.1. The van der Waals surface area contributed by atoms with Gasteiger partial charge < -0.3 is 5.32 Å². The number of benzene rings is 1. The summed E-state index contributed by atoms with van der Waals surface area (Å²) in [5.74, 6) is 5.25. The molecule has 1 aromatic carbocycles. The third-order valence-electron chi connectivity index (χ3n) is 2.77. The second kappa shape index (κ2) is 6.44. The van der Waals surface area contributed by atoms with Crippen LogP contribution in [0.3, 0.4) is 0 Å². The van der Waals surface area contributed by atoms with Crippen LogP contribution >= 0.6 is 11.3 Å². The van der Waals surface area contributed by atoms with E-state index in [9.17, 15) is 4.79 Å². The minimum atomic E-state index is -0.283. The summed E-state index contributed by atoms with van der Waals surface area (Å²) in [6.07, 6.45) is 0.141. The maximum absolute atomic E-state index is 11.1. The van der Waals surface area contributed by atoms with Crippen LogP contribution in [0.2, 0.25) is 0 Å². The molecule has 20 heavy (non-hydrogen) atoms. The van der Waals surface area contributed by atoms with Crippen LogP contribution in [0.5, 0.6) is 0 Å². The lowest BCUT2D eigenvalue weighted by Crippen LogP contribution is -2.31. The first-order chi connectivity index (χ1) is 9.58. The Kier molecular flexibility index (Phi) is 4.65. The van der Waals surface area contributed by atoms with Gasteiger partial charge in [-0.15, -0.1) is 10.2 Å². The molecule has 2 aromatic rings. The molecule has 0 aliphatic carbocycles. The molecule has 0 spiro atoms. The first-order valence-corrected chi connectivity index (χ1v) is 7.09. The van der Waals surface area contributed by atoms with E-state index in [1.54, 1.807) is 0 Å². The smallest absolute Gasteiger partial charge is 0.240 e. The standard InChI is InChI=1S/C13H17N5OS/c1-8(2)9-3-5-10(6-4-9)15-13-18-17-12(20-13)7-11(19)16-14/h3-6,8H,7,14H2,1-2H3,(H,15,18)(H,16,19). The first kappa shape index (κ1) is 14.4. The lowest BCUT2D eigenvalue weighted by atomic mass is 10.0. The van der Waals surface area contributed by atoms with Crippen LogP contribution in [0.1, 0.15) is 30.3 Å². The average Bonchev–Trinajstić information content (AvgIpc) is 2.86. The van der Waals surface area contributed by atoms with Crippen molar-refractivity contribution < 1.29 is 4.79 Å². The Labute approximate surface area is 121 Å². The van der Waals surface area contributed by atoms with Crippen molar-refractivity contribution in [2.75, 3.05) is 5.32 Å². The van der Waals surface area contributed by atoms with Crippen molar-refractivity contribution in [2.24, 2.45) is 5.84 Å². The van der Waals surface area contributed by atoms with Crippen LogP contribution in [0.4, 0.5) is 10.8 Å². The van der Waals surface area contributed by atoms with Gasteiger partial charge in [-0.1, -0.05) is 37.3 Å². The molecule has 7 heteroatoms. The van der Waals surface area contributed by atoms with Crippen molar-refractivity contribution >= 4 is 28.1 Å². The molecule has 0 aliphatic heterocycles. The van der Waals surface area contributed by atoms with E-state index < -0.39 is 0 Å². The highest BCUT2D eigenvalue weighted by molar-refractivity contribution is 7.15. The Bertz CT molecular complexity index is 579. The summed E-state index contributed by atoms with van der Waals surface area (Å²) in [5, 5.41) is 12.4. The van der Waals surface area contributed by atoms with Crippen LogP contribution in [0.25, 0.3) is 0 Å². The molecule has 0 aliphatic rings. The molecule has 0 bridgehead atoms. The van der Waals surface area contributed by atoms with Crippen LogP contribution < -0.4 is 16.6 Å². The van der Waals surface area contributed by atoms with Crippen molar-refractivity contribution in [2.45, 2.75) is 26.2 Å². The Balaban J connectivity index is 2.01. The maximum Gasteiger partial charge on any atom is 0.240 e. The van der Waals surface area contributed by atoms with Gasteiger partial charge in [0, 0.05) is 5.69 Å². The van der Waals surface area contributed by atoms with Gasteiger partial charge in [0.2, 0.25) is 11.0 Å². The van der Waals surface area contributed by atoms with Crippen LogP contribution in [0, 0.1) is 0 Å². The molecule has 0 unspecified atom stereocenters. The Morgan fingerprint density at radius 3 is 2.60 bits per heavy atom. The molecular weight excluding hydrogens is 274 g/mol. The third-order valence-corrected chi connectivity index (χ3v) is 3.61. The number of carbonyl (C=O) groups is 1. The zero-order valence-corrected chi connectivity index (χ0v) is 12.2. The van der Waals surface area contributed by atoms with Crippen LogP contribution in [-0.4, -0.2) is 16.1 Å². The summed E-state index contributed by atoms with van der Waals surface area (Å²) in [6.45, 7) is 4.31.